The first-order valence-electron chi connectivity index (χ1n) is 14.9. The van der Waals surface area contributed by atoms with Crippen LogP contribution in [0.15, 0.2) is 128 Å². The Hall–Kier alpha value is -4.76. The van der Waals surface area contributed by atoms with Crippen LogP contribution in [0.2, 0.25) is 0 Å². The molecule has 0 unspecified atom stereocenters. The summed E-state index contributed by atoms with van der Waals surface area (Å²) < 4.78 is 2.10. The third-order valence-electron chi connectivity index (χ3n) is 7.45. The summed E-state index contributed by atoms with van der Waals surface area (Å²) >= 11 is 0. The summed E-state index contributed by atoms with van der Waals surface area (Å²) in [6, 6.07) is 42.1. The molecule has 0 saturated carbocycles. The highest BCUT2D eigenvalue weighted by Gasteiger charge is 2.22. The van der Waals surface area contributed by atoms with Gasteiger partial charge in [-0.25, -0.2) is 4.68 Å². The first-order chi connectivity index (χ1) is 20.6. The van der Waals surface area contributed by atoms with Gasteiger partial charge >= 0.3 is 0 Å². The minimum Gasteiger partial charge on any atom is -0.256 e. The zero-order valence-electron chi connectivity index (χ0n) is 26.1. The third-order valence-corrected chi connectivity index (χ3v) is 7.45. The summed E-state index contributed by atoms with van der Waals surface area (Å²) in [5.74, 6) is 0. The summed E-state index contributed by atoms with van der Waals surface area (Å²) in [6.45, 7) is 13.6. The van der Waals surface area contributed by atoms with E-state index in [4.69, 9.17) is 5.10 Å². The molecule has 0 atom stereocenters. The van der Waals surface area contributed by atoms with Crippen LogP contribution in [0, 0.1) is 0 Å². The van der Waals surface area contributed by atoms with Crippen LogP contribution < -0.4 is 0 Å². The molecular weight excluding hydrogens is 522 g/mol. The van der Waals surface area contributed by atoms with Gasteiger partial charge in [-0.05, 0) is 63.9 Å². The number of nitrogens with zero attached hydrogens (tertiary/aromatic N) is 3. The number of pyridine rings is 1. The van der Waals surface area contributed by atoms with Crippen LogP contribution >= 0.6 is 0 Å². The average molecular weight is 564 g/mol. The number of aromatic nitrogens is 3. The van der Waals surface area contributed by atoms with Crippen molar-refractivity contribution in [1.29, 1.82) is 0 Å². The van der Waals surface area contributed by atoms with Gasteiger partial charge in [0.1, 0.15) is 0 Å². The van der Waals surface area contributed by atoms with Crippen molar-refractivity contribution in [3.63, 3.8) is 0 Å². The van der Waals surface area contributed by atoms with Crippen LogP contribution in [-0.2, 0) is 10.8 Å². The Morgan fingerprint density at radius 2 is 1.16 bits per heavy atom. The smallest absolute Gasteiger partial charge is 0.0862 e. The third kappa shape index (κ3) is 7.55. The monoisotopic (exact) mass is 563 g/mol. The lowest BCUT2D eigenvalue weighted by Gasteiger charge is -2.26. The molecule has 6 rings (SSSR count). The predicted molar refractivity (Wildman–Crippen MR) is 184 cm³/mol. The number of fused-ring (bicyclic) bond motifs is 1. The van der Waals surface area contributed by atoms with Gasteiger partial charge in [0.2, 0.25) is 0 Å². The van der Waals surface area contributed by atoms with Gasteiger partial charge in [-0.15, -0.1) is 0 Å². The van der Waals surface area contributed by atoms with Crippen LogP contribution in [0.25, 0.3) is 40.0 Å². The number of benzene rings is 4. The van der Waals surface area contributed by atoms with E-state index < -0.39 is 0 Å². The predicted octanol–water partition coefficient (Wildman–Crippen LogP) is 10.5. The first kappa shape index (κ1) is 29.7. The van der Waals surface area contributed by atoms with E-state index in [9.17, 15) is 0 Å². The largest absolute Gasteiger partial charge is 0.256 e. The van der Waals surface area contributed by atoms with Crippen molar-refractivity contribution in [2.45, 2.75) is 52.4 Å². The molecule has 43 heavy (non-hydrogen) atoms. The van der Waals surface area contributed by atoms with E-state index in [2.05, 4.69) is 154 Å². The van der Waals surface area contributed by atoms with Gasteiger partial charge in [0, 0.05) is 17.1 Å². The van der Waals surface area contributed by atoms with E-state index >= 15 is 0 Å². The van der Waals surface area contributed by atoms with E-state index in [1.165, 1.54) is 16.5 Å². The normalized spacial score (nSPS) is 11.9. The topological polar surface area (TPSA) is 30.7 Å². The fraction of sp³-hybridized carbons (Fsp3) is 0.200. The van der Waals surface area contributed by atoms with E-state index in [1.54, 1.807) is 0 Å². The van der Waals surface area contributed by atoms with Crippen molar-refractivity contribution in [2.75, 3.05) is 0 Å². The molecule has 0 saturated heterocycles. The van der Waals surface area contributed by atoms with E-state index in [0.717, 1.165) is 33.7 Å². The molecule has 0 bridgehead atoms. The molecule has 2 heterocycles. The highest BCUT2D eigenvalue weighted by molar-refractivity contribution is 5.77. The molecule has 0 aliphatic heterocycles. The second-order valence-electron chi connectivity index (χ2n) is 12.9. The molecule has 0 aliphatic rings. The SMILES string of the molecule is CC(C)(C)c1cc(-n2nc(C=Cc3ccccc3)cc2-c2ccccc2)cc(C(C)(C)C)c1.c1ccc2ncccc2c1. The van der Waals surface area contributed by atoms with Crippen molar-refractivity contribution < 1.29 is 0 Å². The standard InChI is InChI=1S/C31H34N2.C9H7N/c1-30(2,3)25-19-26(31(4,5)6)21-28(20-25)33-29(24-15-11-8-12-16-24)22-27(32-33)18-17-23-13-9-7-10-14-23;1-2-6-9-8(4-1)5-3-7-10-9/h7-22H,1-6H3;1-7H. The van der Waals surface area contributed by atoms with E-state index in [1.807, 2.05) is 36.5 Å². The molecule has 6 aromatic rings. The van der Waals surface area contributed by atoms with Crippen LogP contribution in [0.4, 0.5) is 0 Å². The van der Waals surface area contributed by atoms with Crippen molar-refractivity contribution in [1.82, 2.24) is 14.8 Å². The fourth-order valence-electron chi connectivity index (χ4n) is 4.85. The van der Waals surface area contributed by atoms with Gasteiger partial charge in [0.05, 0.1) is 22.6 Å². The molecule has 0 N–H and O–H groups in total. The Labute approximate surface area is 256 Å². The van der Waals surface area contributed by atoms with Crippen molar-refractivity contribution in [3.05, 3.63) is 150 Å². The zero-order valence-corrected chi connectivity index (χ0v) is 26.1. The summed E-state index contributed by atoms with van der Waals surface area (Å²) in [6.07, 6.45) is 6.02. The van der Waals surface area contributed by atoms with E-state index in [-0.39, 0.29) is 10.8 Å². The summed E-state index contributed by atoms with van der Waals surface area (Å²) in [5, 5.41) is 6.25. The zero-order chi connectivity index (χ0) is 30.5. The van der Waals surface area contributed by atoms with Gasteiger partial charge in [-0.3, -0.25) is 4.98 Å². The number of hydrogen-bond acceptors (Lipinski definition) is 2. The maximum Gasteiger partial charge on any atom is 0.0862 e. The van der Waals surface area contributed by atoms with Gasteiger partial charge in [-0.1, -0.05) is 139 Å². The average Bonchev–Trinajstić information content (AvgIpc) is 3.45. The minimum atomic E-state index is 0.0477. The molecule has 2 aromatic heterocycles. The molecular formula is C40H41N3. The summed E-state index contributed by atoms with van der Waals surface area (Å²) in [7, 11) is 0. The lowest BCUT2D eigenvalue weighted by molar-refractivity contribution is 0.567. The second kappa shape index (κ2) is 12.6. The molecule has 0 fully saturated rings. The minimum absolute atomic E-state index is 0.0477. The van der Waals surface area contributed by atoms with Crippen LogP contribution in [0.3, 0.4) is 0 Å². The van der Waals surface area contributed by atoms with Crippen LogP contribution in [0.1, 0.15) is 63.9 Å². The lowest BCUT2D eigenvalue weighted by Crippen LogP contribution is -2.17. The molecule has 3 heteroatoms. The Morgan fingerprint density at radius 3 is 1.79 bits per heavy atom. The quantitative estimate of drug-likeness (QED) is 0.214. The number of hydrogen-bond donors (Lipinski definition) is 0. The Bertz CT molecular complexity index is 1720. The second-order valence-corrected chi connectivity index (χ2v) is 12.9. The molecule has 0 radical (unpaired) electrons. The number of rotatable bonds is 4. The maximum atomic E-state index is 5.05. The number of para-hydroxylation sites is 1. The molecule has 216 valence electrons. The Morgan fingerprint density at radius 1 is 0.581 bits per heavy atom. The van der Waals surface area contributed by atoms with E-state index in [0.29, 0.717) is 0 Å². The maximum absolute atomic E-state index is 5.05. The Balaban J connectivity index is 0.000000308. The van der Waals surface area contributed by atoms with Gasteiger partial charge in [0.25, 0.3) is 0 Å². The lowest BCUT2D eigenvalue weighted by atomic mass is 9.80. The molecule has 3 nitrogen and oxygen atoms in total. The Kier molecular flexibility index (Phi) is 8.73. The highest BCUT2D eigenvalue weighted by atomic mass is 15.3. The summed E-state index contributed by atoms with van der Waals surface area (Å²) in [5.41, 5.74) is 9.25. The van der Waals surface area contributed by atoms with Crippen molar-refractivity contribution in [3.8, 4) is 16.9 Å². The van der Waals surface area contributed by atoms with Gasteiger partial charge < -0.3 is 0 Å². The van der Waals surface area contributed by atoms with Crippen molar-refractivity contribution >= 4 is 23.1 Å². The molecule has 0 aliphatic carbocycles. The molecule has 0 amide bonds. The van der Waals surface area contributed by atoms with Gasteiger partial charge in [0.15, 0.2) is 0 Å². The summed E-state index contributed by atoms with van der Waals surface area (Å²) in [4.78, 5) is 4.18. The first-order valence-corrected chi connectivity index (χ1v) is 14.9. The van der Waals surface area contributed by atoms with Gasteiger partial charge in [-0.2, -0.15) is 5.10 Å². The van der Waals surface area contributed by atoms with Crippen LogP contribution in [0.5, 0.6) is 0 Å². The van der Waals surface area contributed by atoms with Crippen LogP contribution in [-0.4, -0.2) is 14.8 Å². The van der Waals surface area contributed by atoms with Crippen molar-refractivity contribution in [2.24, 2.45) is 0 Å². The fourth-order valence-corrected chi connectivity index (χ4v) is 4.85. The molecule has 0 spiro atoms. The highest BCUT2D eigenvalue weighted by Crippen LogP contribution is 2.33. The molecule has 4 aromatic carbocycles.